The minimum absolute atomic E-state index is 0.631. The van der Waals surface area contributed by atoms with Gasteiger partial charge in [-0.1, -0.05) is 5.16 Å². The lowest BCUT2D eigenvalue weighted by atomic mass is 10.6. The van der Waals surface area contributed by atoms with Crippen molar-refractivity contribution in [2.45, 2.75) is 0 Å². The van der Waals surface area contributed by atoms with Crippen LogP contribution in [0.15, 0.2) is 16.9 Å². The van der Waals surface area contributed by atoms with E-state index in [9.17, 15) is 0 Å². The van der Waals surface area contributed by atoms with E-state index in [4.69, 9.17) is 0 Å². The number of rotatable bonds is 2. The molecule has 1 radical (unpaired) electrons. The third-order valence-electron chi connectivity index (χ3n) is 0.744. The molecule has 0 saturated heterocycles. The fourth-order valence-corrected chi connectivity index (χ4v) is 0.432. The maximum atomic E-state index is 4.53. The van der Waals surface area contributed by atoms with Gasteiger partial charge in [-0.15, -0.1) is 0 Å². The summed E-state index contributed by atoms with van der Waals surface area (Å²) < 4.78 is 4.53. The van der Waals surface area contributed by atoms with Crippen LogP contribution < -0.4 is 5.32 Å². The Morgan fingerprint density at radius 2 is 2.75 bits per heavy atom. The molecular formula is C5H7N2O. The summed E-state index contributed by atoms with van der Waals surface area (Å²) >= 11 is 0. The van der Waals surface area contributed by atoms with Crippen LogP contribution in [0.5, 0.6) is 0 Å². The highest BCUT2D eigenvalue weighted by Gasteiger charge is 1.87. The van der Waals surface area contributed by atoms with Crippen LogP contribution in [0.25, 0.3) is 0 Å². The van der Waals surface area contributed by atoms with Crippen LogP contribution in [0.4, 0.5) is 5.82 Å². The van der Waals surface area contributed by atoms with Gasteiger partial charge >= 0.3 is 0 Å². The maximum Gasteiger partial charge on any atom is 0.169 e. The Morgan fingerprint density at radius 3 is 3.25 bits per heavy atom. The van der Waals surface area contributed by atoms with Gasteiger partial charge in [-0.05, 0) is 6.92 Å². The lowest BCUT2D eigenvalue weighted by molar-refractivity contribution is 0.422. The normalized spacial score (nSPS) is 9.12. The minimum Gasteiger partial charge on any atom is -0.367 e. The molecule has 0 aliphatic heterocycles. The fourth-order valence-electron chi connectivity index (χ4n) is 0.432. The highest BCUT2D eigenvalue weighted by atomic mass is 16.5. The first-order valence-corrected chi connectivity index (χ1v) is 2.37. The van der Waals surface area contributed by atoms with E-state index in [0.29, 0.717) is 6.54 Å². The number of nitrogens with one attached hydrogen (secondary N) is 1. The summed E-state index contributed by atoms with van der Waals surface area (Å²) in [7, 11) is 0. The molecule has 1 rings (SSSR count). The molecule has 0 bridgehead atoms. The fraction of sp³-hybridized carbons (Fsp3) is 0.200. The smallest absolute Gasteiger partial charge is 0.169 e. The molecule has 0 aliphatic carbocycles. The molecule has 1 aromatic rings. The zero-order valence-corrected chi connectivity index (χ0v) is 4.42. The van der Waals surface area contributed by atoms with Gasteiger partial charge in [0.25, 0.3) is 0 Å². The van der Waals surface area contributed by atoms with Crippen molar-refractivity contribution in [1.82, 2.24) is 5.16 Å². The van der Waals surface area contributed by atoms with Gasteiger partial charge in [-0.25, -0.2) is 0 Å². The number of anilines is 1. The molecule has 43 valence electrons. The molecule has 0 atom stereocenters. The predicted octanol–water partition coefficient (Wildman–Crippen LogP) is 0.921. The van der Waals surface area contributed by atoms with E-state index in [1.54, 1.807) is 6.07 Å². The maximum absolute atomic E-state index is 4.53. The van der Waals surface area contributed by atoms with Crippen LogP contribution in [0, 0.1) is 6.92 Å². The van der Waals surface area contributed by atoms with Crippen molar-refractivity contribution in [3.05, 3.63) is 19.3 Å². The van der Waals surface area contributed by atoms with E-state index >= 15 is 0 Å². The highest BCUT2D eigenvalue weighted by molar-refractivity contribution is 5.30. The second-order valence-electron chi connectivity index (χ2n) is 1.31. The van der Waals surface area contributed by atoms with Crippen molar-refractivity contribution in [1.29, 1.82) is 0 Å². The summed E-state index contributed by atoms with van der Waals surface area (Å²) in [5.74, 6) is 0.736. The van der Waals surface area contributed by atoms with Gasteiger partial charge < -0.3 is 9.84 Å². The molecule has 1 N–H and O–H groups in total. The average molecular weight is 111 g/mol. The summed E-state index contributed by atoms with van der Waals surface area (Å²) in [6, 6.07) is 1.74. The number of hydrogen-bond donors (Lipinski definition) is 1. The molecule has 0 fully saturated rings. The summed E-state index contributed by atoms with van der Waals surface area (Å²) in [6.45, 7) is 4.20. The number of aromatic nitrogens is 1. The second-order valence-corrected chi connectivity index (χ2v) is 1.31. The summed E-state index contributed by atoms with van der Waals surface area (Å²) in [6.07, 6.45) is 1.51. The zero-order chi connectivity index (χ0) is 5.82. The summed E-state index contributed by atoms with van der Waals surface area (Å²) in [5.41, 5.74) is 0. The molecule has 8 heavy (non-hydrogen) atoms. The van der Waals surface area contributed by atoms with Crippen LogP contribution in [0.2, 0.25) is 0 Å². The van der Waals surface area contributed by atoms with Gasteiger partial charge in [0.05, 0.1) is 0 Å². The van der Waals surface area contributed by atoms with Gasteiger partial charge in [-0.3, -0.25) is 0 Å². The zero-order valence-electron chi connectivity index (χ0n) is 4.42. The number of hydrogen-bond acceptors (Lipinski definition) is 3. The monoisotopic (exact) mass is 111 g/mol. The van der Waals surface area contributed by atoms with Crippen LogP contribution in [-0.4, -0.2) is 11.7 Å². The lowest BCUT2D eigenvalue weighted by Crippen LogP contribution is -1.95. The van der Waals surface area contributed by atoms with E-state index in [1.807, 2.05) is 0 Å². The molecule has 3 nitrogen and oxygen atoms in total. The Hall–Kier alpha value is -0.990. The molecule has 0 amide bonds. The Kier molecular flexibility index (Phi) is 1.51. The summed E-state index contributed by atoms with van der Waals surface area (Å²) in [4.78, 5) is 0. The Labute approximate surface area is 47.7 Å². The van der Waals surface area contributed by atoms with E-state index in [2.05, 4.69) is 21.9 Å². The third kappa shape index (κ3) is 0.992. The van der Waals surface area contributed by atoms with E-state index in [1.165, 1.54) is 6.26 Å². The van der Waals surface area contributed by atoms with Gasteiger partial charge in [-0.2, -0.15) is 0 Å². The second kappa shape index (κ2) is 2.35. The number of nitrogens with zero attached hydrogens (tertiary/aromatic N) is 1. The quantitative estimate of drug-likeness (QED) is 0.616. The van der Waals surface area contributed by atoms with Crippen molar-refractivity contribution >= 4 is 5.82 Å². The topological polar surface area (TPSA) is 38.1 Å². The largest absolute Gasteiger partial charge is 0.367 e. The van der Waals surface area contributed by atoms with Crippen molar-refractivity contribution in [2.24, 2.45) is 0 Å². The van der Waals surface area contributed by atoms with Crippen LogP contribution in [0.3, 0.4) is 0 Å². The first-order valence-electron chi connectivity index (χ1n) is 2.37. The van der Waals surface area contributed by atoms with Gasteiger partial charge in [0.2, 0.25) is 0 Å². The highest BCUT2D eigenvalue weighted by Crippen LogP contribution is 1.98. The molecule has 0 unspecified atom stereocenters. The van der Waals surface area contributed by atoms with E-state index in [0.717, 1.165) is 5.82 Å². The van der Waals surface area contributed by atoms with Gasteiger partial charge in [0.1, 0.15) is 6.26 Å². The molecule has 0 aliphatic rings. The average Bonchev–Trinajstić information content (AvgIpc) is 2.19. The van der Waals surface area contributed by atoms with Crippen molar-refractivity contribution in [2.75, 3.05) is 11.9 Å². The third-order valence-corrected chi connectivity index (χ3v) is 0.744. The van der Waals surface area contributed by atoms with Crippen molar-refractivity contribution < 1.29 is 4.52 Å². The van der Waals surface area contributed by atoms with Gasteiger partial charge in [0.15, 0.2) is 5.82 Å². The van der Waals surface area contributed by atoms with E-state index in [-0.39, 0.29) is 0 Å². The first kappa shape index (κ1) is 5.15. The summed E-state index contributed by atoms with van der Waals surface area (Å²) in [5, 5.41) is 6.45. The Balaban J connectivity index is 2.50. The van der Waals surface area contributed by atoms with Gasteiger partial charge in [0, 0.05) is 12.6 Å². The Bertz CT molecular complexity index is 136. The molecule has 1 heterocycles. The van der Waals surface area contributed by atoms with E-state index < -0.39 is 0 Å². The lowest BCUT2D eigenvalue weighted by Gasteiger charge is -1.90. The van der Waals surface area contributed by atoms with Crippen LogP contribution >= 0.6 is 0 Å². The molecule has 0 spiro atoms. The molecule has 0 aromatic carbocycles. The molecule has 1 aromatic heterocycles. The van der Waals surface area contributed by atoms with Crippen molar-refractivity contribution in [3.8, 4) is 0 Å². The van der Waals surface area contributed by atoms with Crippen LogP contribution in [0.1, 0.15) is 0 Å². The predicted molar refractivity (Wildman–Crippen MR) is 30.3 cm³/mol. The van der Waals surface area contributed by atoms with Crippen LogP contribution in [-0.2, 0) is 0 Å². The first-order chi connectivity index (χ1) is 3.93. The SMILES string of the molecule is [CH2]CNc1ccon1. The van der Waals surface area contributed by atoms with Crippen molar-refractivity contribution in [3.63, 3.8) is 0 Å². The molecular weight excluding hydrogens is 104 g/mol. The standard InChI is InChI=1S/C5H7N2O/c1-2-6-5-3-4-8-7-5/h3-4H,1-2H2,(H,6,7). The Morgan fingerprint density at radius 1 is 1.88 bits per heavy atom. The molecule has 3 heteroatoms. The molecule has 0 saturated carbocycles. The minimum atomic E-state index is 0.631.